The molecule has 1 unspecified atom stereocenters. The Hall–Kier alpha value is -3.18. The third-order valence-corrected chi connectivity index (χ3v) is 9.87. The highest BCUT2D eigenvalue weighted by Crippen LogP contribution is 2.30. The summed E-state index contributed by atoms with van der Waals surface area (Å²) in [5, 5.41) is 14.2. The van der Waals surface area contributed by atoms with Gasteiger partial charge in [0, 0.05) is 49.1 Å². The zero-order valence-corrected chi connectivity index (χ0v) is 29.4. The number of amides is 4. The summed E-state index contributed by atoms with van der Waals surface area (Å²) in [6.45, 7) is 15.4. The molecule has 0 aromatic carbocycles. The summed E-state index contributed by atoms with van der Waals surface area (Å²) < 4.78 is 0. The first-order valence-corrected chi connectivity index (χ1v) is 17.3. The number of pyridine rings is 1. The molecule has 256 valence electrons. The first kappa shape index (κ1) is 39.0. The zero-order valence-electron chi connectivity index (χ0n) is 28.6. The first-order valence-electron chi connectivity index (χ1n) is 16.4. The quantitative estimate of drug-likeness (QED) is 0.113. The largest absolute Gasteiger partial charge is 0.346 e. The lowest BCUT2D eigenvalue weighted by atomic mass is 9.85. The fourth-order valence-corrected chi connectivity index (χ4v) is 6.63. The van der Waals surface area contributed by atoms with Gasteiger partial charge >= 0.3 is 0 Å². The molecule has 2 aliphatic rings. The van der Waals surface area contributed by atoms with Gasteiger partial charge < -0.3 is 15.1 Å². The summed E-state index contributed by atoms with van der Waals surface area (Å²) >= 11 is 1.43. The van der Waals surface area contributed by atoms with E-state index in [4.69, 9.17) is 5.21 Å². The van der Waals surface area contributed by atoms with Crippen molar-refractivity contribution in [3.8, 4) is 0 Å². The molecule has 2 heterocycles. The van der Waals surface area contributed by atoms with Gasteiger partial charge in [0.1, 0.15) is 6.04 Å². The molecule has 0 radical (unpaired) electrons. The molecule has 0 bridgehead atoms. The van der Waals surface area contributed by atoms with E-state index in [9.17, 15) is 19.2 Å². The average Bonchev–Trinajstić information content (AvgIpc) is 3.58. The summed E-state index contributed by atoms with van der Waals surface area (Å²) in [5.74, 6) is 1.21. The lowest BCUT2D eigenvalue weighted by molar-refractivity contribution is -0.152. The van der Waals surface area contributed by atoms with Crippen LogP contribution in [0.3, 0.4) is 0 Å². The van der Waals surface area contributed by atoms with Crippen molar-refractivity contribution in [2.75, 3.05) is 26.7 Å². The third-order valence-electron chi connectivity index (χ3n) is 8.88. The molecule has 1 aliphatic carbocycles. The number of nitrogens with one attached hydrogen (secondary N) is 1. The number of likely N-dealkylation sites (N-methyl/N-ethyl adjacent to an activating group) is 1. The van der Waals surface area contributed by atoms with Crippen molar-refractivity contribution in [2.24, 2.45) is 17.3 Å². The summed E-state index contributed by atoms with van der Waals surface area (Å²) in [4.78, 5) is 55.4. The normalized spacial score (nSPS) is 17.3. The number of hydrogen-bond acceptors (Lipinski definition) is 7. The van der Waals surface area contributed by atoms with Crippen LogP contribution < -0.4 is 5.32 Å². The van der Waals surface area contributed by atoms with E-state index in [2.05, 4.69) is 23.8 Å². The van der Waals surface area contributed by atoms with E-state index >= 15 is 0 Å². The summed E-state index contributed by atoms with van der Waals surface area (Å²) in [6, 6.07) is 3.23. The Labute approximate surface area is 280 Å². The van der Waals surface area contributed by atoms with Crippen molar-refractivity contribution in [3.05, 3.63) is 47.6 Å². The van der Waals surface area contributed by atoms with Crippen LogP contribution in [0.1, 0.15) is 91.5 Å². The molecule has 1 aliphatic heterocycles. The second kappa shape index (κ2) is 19.5. The van der Waals surface area contributed by atoms with Crippen molar-refractivity contribution >= 4 is 41.3 Å². The minimum atomic E-state index is -0.583. The number of carbonyl (C=O) groups is 4. The number of likely N-dealkylation sites (tertiary alicyclic amines) is 1. The Morgan fingerprint density at radius 2 is 1.76 bits per heavy atom. The minimum absolute atomic E-state index is 0.00245. The van der Waals surface area contributed by atoms with Crippen LogP contribution >= 0.6 is 11.8 Å². The second-order valence-corrected chi connectivity index (χ2v) is 14.7. The van der Waals surface area contributed by atoms with Crippen LogP contribution in [0.5, 0.6) is 0 Å². The van der Waals surface area contributed by atoms with Crippen molar-refractivity contribution in [3.63, 3.8) is 0 Å². The monoisotopic (exact) mass is 657 g/mol. The van der Waals surface area contributed by atoms with Gasteiger partial charge in [-0.1, -0.05) is 78.1 Å². The van der Waals surface area contributed by atoms with Crippen molar-refractivity contribution in [1.29, 1.82) is 0 Å². The number of piperidine rings is 1. The van der Waals surface area contributed by atoms with Crippen molar-refractivity contribution in [2.45, 2.75) is 98.1 Å². The standard InChI is InChI=1S/C24H34N4O3S.C11H21NO2/c1-17(15-32-18(2)19-7-11-25-12-8-19)22(30)28-13-9-20(10-14-28)27(6)23(31)21(26-16-29)24(3,4)5;1-10(8-12(14)9-13)6-7-11-4-2-3-5-11/h7-8,11-12,15-16,20-21H,2,9-10,13-14H2,1,3-6H3,(H,26,29);9-11,14H,2-8H2,1H3/b17-15+;/t21-;/m1./s1. The number of thioether (sulfide) groups is 1. The van der Waals surface area contributed by atoms with Crippen LogP contribution in [0.2, 0.25) is 0 Å². The van der Waals surface area contributed by atoms with Crippen LogP contribution in [0.25, 0.3) is 4.91 Å². The van der Waals surface area contributed by atoms with Gasteiger partial charge in [-0.15, -0.1) is 0 Å². The summed E-state index contributed by atoms with van der Waals surface area (Å²) in [5.41, 5.74) is 1.26. The molecule has 2 N–H and O–H groups in total. The molecule has 1 aromatic heterocycles. The van der Waals surface area contributed by atoms with Crippen LogP contribution in [0, 0.1) is 17.3 Å². The molecular formula is C35H55N5O5S. The van der Waals surface area contributed by atoms with Crippen molar-refractivity contribution in [1.82, 2.24) is 25.2 Å². The van der Waals surface area contributed by atoms with Gasteiger partial charge in [0.25, 0.3) is 0 Å². The number of hydrogen-bond donors (Lipinski definition) is 2. The Balaban J connectivity index is 0.000000438. The van der Waals surface area contributed by atoms with Gasteiger partial charge in [0.15, 0.2) is 0 Å². The molecule has 46 heavy (non-hydrogen) atoms. The van der Waals surface area contributed by atoms with Crippen LogP contribution in [0.4, 0.5) is 0 Å². The Kier molecular flexibility index (Phi) is 16.5. The molecule has 2 atom stereocenters. The Morgan fingerprint density at radius 3 is 2.30 bits per heavy atom. The predicted molar refractivity (Wildman–Crippen MR) is 184 cm³/mol. The van der Waals surface area contributed by atoms with E-state index in [0.29, 0.717) is 56.8 Å². The van der Waals surface area contributed by atoms with E-state index in [1.165, 1.54) is 43.9 Å². The number of rotatable bonds is 14. The minimum Gasteiger partial charge on any atom is -0.346 e. The molecule has 1 saturated carbocycles. The van der Waals surface area contributed by atoms with Gasteiger partial charge in [-0.3, -0.25) is 29.4 Å². The average molecular weight is 658 g/mol. The third kappa shape index (κ3) is 12.9. The highest BCUT2D eigenvalue weighted by Gasteiger charge is 2.36. The summed E-state index contributed by atoms with van der Waals surface area (Å²) in [6.07, 6.45) is 13.8. The maximum Gasteiger partial charge on any atom is 0.250 e. The lowest BCUT2D eigenvalue weighted by Gasteiger charge is -2.40. The van der Waals surface area contributed by atoms with Gasteiger partial charge in [0.2, 0.25) is 24.6 Å². The first-order chi connectivity index (χ1) is 21.8. The van der Waals surface area contributed by atoms with E-state index in [1.807, 2.05) is 50.1 Å². The van der Waals surface area contributed by atoms with Crippen LogP contribution in [-0.2, 0) is 19.2 Å². The fourth-order valence-electron chi connectivity index (χ4n) is 5.94. The number of carbonyl (C=O) groups excluding carboxylic acids is 4. The van der Waals surface area contributed by atoms with E-state index in [1.54, 1.807) is 24.3 Å². The van der Waals surface area contributed by atoms with E-state index in [0.717, 1.165) is 27.9 Å². The van der Waals surface area contributed by atoms with E-state index < -0.39 is 6.04 Å². The molecule has 3 rings (SSSR count). The Bertz CT molecular complexity index is 1160. The smallest absolute Gasteiger partial charge is 0.250 e. The number of aromatic nitrogens is 1. The maximum absolute atomic E-state index is 13.0. The van der Waals surface area contributed by atoms with E-state index in [-0.39, 0.29) is 23.3 Å². The maximum atomic E-state index is 13.0. The van der Waals surface area contributed by atoms with Crippen LogP contribution in [-0.4, -0.2) is 88.5 Å². The molecule has 4 amide bonds. The lowest BCUT2D eigenvalue weighted by Crippen LogP contribution is -2.56. The SMILES string of the molecule is C=C(S/C=C(\C)C(=O)N1CCC(N(C)C(=O)[C@@H](NC=O)C(C)(C)C)CC1)c1ccncc1.CC(CCC1CCCC1)CN(O)C=O. The molecule has 10 nitrogen and oxygen atoms in total. The highest BCUT2D eigenvalue weighted by atomic mass is 32.2. The fraction of sp³-hybridized carbons (Fsp3) is 0.629. The van der Waals surface area contributed by atoms with Crippen molar-refractivity contribution < 1.29 is 24.4 Å². The highest BCUT2D eigenvalue weighted by molar-refractivity contribution is 8.10. The molecule has 1 aromatic rings. The molecule has 11 heteroatoms. The summed E-state index contributed by atoms with van der Waals surface area (Å²) in [7, 11) is 1.78. The predicted octanol–water partition coefficient (Wildman–Crippen LogP) is 5.74. The molecule has 0 spiro atoms. The number of nitrogens with zero attached hydrogens (tertiary/aromatic N) is 4. The molecule has 1 saturated heterocycles. The topological polar surface area (TPSA) is 123 Å². The van der Waals surface area contributed by atoms with Gasteiger partial charge in [0.05, 0.1) is 6.54 Å². The zero-order chi connectivity index (χ0) is 34.3. The number of hydroxylamine groups is 2. The van der Waals surface area contributed by atoms with Gasteiger partial charge in [-0.05, 0) is 66.5 Å². The molecular weight excluding hydrogens is 602 g/mol. The Morgan fingerprint density at radius 1 is 1.15 bits per heavy atom. The van der Waals surface area contributed by atoms with Gasteiger partial charge in [-0.2, -0.15) is 0 Å². The van der Waals surface area contributed by atoms with Gasteiger partial charge in [-0.25, -0.2) is 5.06 Å². The van der Waals surface area contributed by atoms with Crippen LogP contribution in [0.15, 0.2) is 42.1 Å². The molecule has 2 fully saturated rings. The second-order valence-electron chi connectivity index (χ2n) is 13.7.